The van der Waals surface area contributed by atoms with Crippen molar-refractivity contribution >= 4 is 17.7 Å². The smallest absolute Gasteiger partial charge is 0.257 e. The van der Waals surface area contributed by atoms with Gasteiger partial charge >= 0.3 is 0 Å². The fourth-order valence-corrected chi connectivity index (χ4v) is 7.00. The van der Waals surface area contributed by atoms with Crippen molar-refractivity contribution < 1.29 is 4.79 Å². The summed E-state index contributed by atoms with van der Waals surface area (Å²) >= 11 is 1.56. The van der Waals surface area contributed by atoms with Crippen LogP contribution in [0.3, 0.4) is 0 Å². The van der Waals surface area contributed by atoms with Crippen LogP contribution in [0.25, 0.3) is 0 Å². The highest BCUT2D eigenvalue weighted by molar-refractivity contribution is 7.99. The summed E-state index contributed by atoms with van der Waals surface area (Å²) in [7, 11) is 1.80. The highest BCUT2D eigenvalue weighted by Gasteiger charge is 2.28. The molecule has 6 nitrogen and oxygen atoms in total. The van der Waals surface area contributed by atoms with Crippen LogP contribution in [-0.4, -0.2) is 57.2 Å². The molecule has 0 saturated carbocycles. The Morgan fingerprint density at radius 1 is 0.867 bits per heavy atom. The Kier molecular flexibility index (Phi) is 10.6. The molecule has 0 unspecified atom stereocenters. The second kappa shape index (κ2) is 14.6. The van der Waals surface area contributed by atoms with E-state index in [0.717, 1.165) is 55.2 Å². The molecule has 4 aromatic rings. The number of benzene rings is 3. The van der Waals surface area contributed by atoms with Crippen molar-refractivity contribution in [3.05, 3.63) is 129 Å². The fraction of sp³-hybridized carbons (Fsp3) is 0.395. The van der Waals surface area contributed by atoms with Gasteiger partial charge in [0.05, 0.1) is 6.04 Å². The van der Waals surface area contributed by atoms with E-state index in [1.54, 1.807) is 23.4 Å². The first-order chi connectivity index (χ1) is 21.6. The summed E-state index contributed by atoms with van der Waals surface area (Å²) in [4.78, 5) is 35.7. The van der Waals surface area contributed by atoms with Crippen LogP contribution < -0.4 is 5.56 Å². The van der Waals surface area contributed by atoms with E-state index in [-0.39, 0.29) is 22.9 Å². The van der Waals surface area contributed by atoms with Crippen molar-refractivity contribution in [2.45, 2.75) is 63.6 Å². The van der Waals surface area contributed by atoms with Crippen LogP contribution in [0.5, 0.6) is 0 Å². The van der Waals surface area contributed by atoms with Gasteiger partial charge in [-0.3, -0.25) is 19.1 Å². The van der Waals surface area contributed by atoms with Crippen molar-refractivity contribution in [3.8, 4) is 0 Å². The average Bonchev–Trinajstić information content (AvgIpc) is 3.05. The maximum Gasteiger partial charge on any atom is 0.257 e. The van der Waals surface area contributed by atoms with E-state index in [0.29, 0.717) is 18.0 Å². The number of aromatic nitrogens is 2. The van der Waals surface area contributed by atoms with Gasteiger partial charge in [-0.25, -0.2) is 4.98 Å². The van der Waals surface area contributed by atoms with Gasteiger partial charge in [0.2, 0.25) is 5.91 Å². The van der Waals surface area contributed by atoms with E-state index in [9.17, 15) is 9.59 Å². The summed E-state index contributed by atoms with van der Waals surface area (Å²) in [6.07, 6.45) is 1.82. The van der Waals surface area contributed by atoms with Crippen molar-refractivity contribution in [1.82, 2.24) is 19.4 Å². The summed E-state index contributed by atoms with van der Waals surface area (Å²) in [6.45, 7) is 11.7. The van der Waals surface area contributed by atoms with Gasteiger partial charge in [-0.2, -0.15) is 0 Å². The molecule has 0 atom stereocenters. The van der Waals surface area contributed by atoms with E-state index in [4.69, 9.17) is 4.98 Å². The van der Waals surface area contributed by atoms with Crippen molar-refractivity contribution in [1.29, 1.82) is 0 Å². The quantitative estimate of drug-likeness (QED) is 0.111. The number of nitrogens with zero attached hydrogens (tertiary/aromatic N) is 4. The number of rotatable bonds is 10. The lowest BCUT2D eigenvalue weighted by Gasteiger charge is -2.40. The molecule has 0 spiro atoms. The van der Waals surface area contributed by atoms with Crippen LogP contribution in [0, 0.1) is 6.92 Å². The van der Waals surface area contributed by atoms with Gasteiger partial charge in [0.25, 0.3) is 5.56 Å². The van der Waals surface area contributed by atoms with Crippen LogP contribution in [0.15, 0.2) is 94.9 Å². The zero-order chi connectivity index (χ0) is 32.0. The first-order valence-corrected chi connectivity index (χ1v) is 17.0. The molecule has 1 aliphatic rings. The number of hydrogen-bond acceptors (Lipinski definition) is 5. The topological polar surface area (TPSA) is 58.4 Å². The molecule has 2 heterocycles. The summed E-state index contributed by atoms with van der Waals surface area (Å²) in [6, 6.07) is 30.0. The average molecular weight is 623 g/mol. The number of piperazine rings is 1. The van der Waals surface area contributed by atoms with Gasteiger partial charge in [0.15, 0.2) is 5.16 Å². The third-order valence-corrected chi connectivity index (χ3v) is 9.90. The first kappa shape index (κ1) is 32.7. The van der Waals surface area contributed by atoms with Gasteiger partial charge in [0.1, 0.15) is 0 Å². The number of hydrogen-bond donors (Lipinski definition) is 0. The van der Waals surface area contributed by atoms with Crippen LogP contribution in [0.2, 0.25) is 0 Å². The molecule has 0 N–H and O–H groups in total. The predicted molar refractivity (Wildman–Crippen MR) is 185 cm³/mol. The molecule has 0 bridgehead atoms. The van der Waals surface area contributed by atoms with E-state index < -0.39 is 0 Å². The lowest BCUT2D eigenvalue weighted by molar-refractivity contribution is -0.133. The Balaban J connectivity index is 1.12. The molecule has 7 heteroatoms. The van der Waals surface area contributed by atoms with Crippen LogP contribution in [0.1, 0.15) is 73.2 Å². The summed E-state index contributed by atoms with van der Waals surface area (Å²) in [5.41, 5.74) is 6.56. The van der Waals surface area contributed by atoms with Gasteiger partial charge in [-0.1, -0.05) is 117 Å². The number of thioether (sulfide) groups is 1. The monoisotopic (exact) mass is 622 g/mol. The molecule has 1 aromatic heterocycles. The lowest BCUT2D eigenvalue weighted by Crippen LogP contribution is -2.49. The number of carbonyl (C=O) groups excluding carboxylic acids is 1. The van der Waals surface area contributed by atoms with Crippen molar-refractivity contribution in [2.75, 3.05) is 31.9 Å². The van der Waals surface area contributed by atoms with Crippen LogP contribution in [0.4, 0.5) is 0 Å². The zero-order valence-electron chi connectivity index (χ0n) is 27.3. The maximum absolute atomic E-state index is 13.3. The molecular formula is C38H46N4O2S. The lowest BCUT2D eigenvalue weighted by atomic mass is 9.86. The van der Waals surface area contributed by atoms with Crippen LogP contribution >= 0.6 is 11.8 Å². The van der Waals surface area contributed by atoms with E-state index in [1.165, 1.54) is 16.7 Å². The molecule has 1 saturated heterocycles. The van der Waals surface area contributed by atoms with E-state index >= 15 is 0 Å². The molecule has 0 aliphatic carbocycles. The summed E-state index contributed by atoms with van der Waals surface area (Å²) in [5.74, 6) is 0.945. The molecule has 0 radical (unpaired) electrons. The normalized spacial score (nSPS) is 14.2. The molecule has 45 heavy (non-hydrogen) atoms. The Hall–Kier alpha value is -3.68. The van der Waals surface area contributed by atoms with Crippen LogP contribution in [-0.2, 0) is 23.7 Å². The molecular weight excluding hydrogens is 577 g/mol. The SMILES string of the molecule is Cc1nc(SCCCC(=O)N2CCN(C(c3ccccc3)c3ccccc3)CC2)n(C)c(=O)c1Cc1ccc(C(C)(C)C)cc1. The third kappa shape index (κ3) is 8.13. The van der Waals surface area contributed by atoms with Gasteiger partial charge in [-0.05, 0) is 41.0 Å². The molecule has 1 amide bonds. The standard InChI is InChI=1S/C38H46N4O2S/c1-28-33(27-29-18-20-32(21-19-29)38(2,3)4)36(44)40(5)37(39-28)45-26-12-17-34(43)41-22-24-42(25-23-41)35(30-13-8-6-9-14-30)31-15-10-7-11-16-31/h6-11,13-16,18-21,35H,12,17,22-27H2,1-5H3. The third-order valence-electron chi connectivity index (χ3n) is 8.78. The molecule has 3 aromatic carbocycles. The molecule has 1 fully saturated rings. The molecule has 236 valence electrons. The van der Waals surface area contributed by atoms with Gasteiger partial charge in [0, 0.05) is 63.1 Å². The minimum Gasteiger partial charge on any atom is -0.340 e. The Bertz CT molecular complexity index is 1580. The summed E-state index contributed by atoms with van der Waals surface area (Å²) < 4.78 is 1.66. The maximum atomic E-state index is 13.3. The largest absolute Gasteiger partial charge is 0.340 e. The minimum atomic E-state index is 0.00292. The first-order valence-electron chi connectivity index (χ1n) is 16.0. The number of carbonyl (C=O) groups is 1. The van der Waals surface area contributed by atoms with E-state index in [2.05, 4.69) is 111 Å². The Labute approximate surface area is 272 Å². The number of aryl methyl sites for hydroxylation is 1. The van der Waals surface area contributed by atoms with E-state index in [1.807, 2.05) is 11.8 Å². The molecule has 1 aliphatic heterocycles. The zero-order valence-corrected chi connectivity index (χ0v) is 28.1. The molecule has 5 rings (SSSR count). The second-order valence-electron chi connectivity index (χ2n) is 13.0. The minimum absolute atomic E-state index is 0.00292. The predicted octanol–water partition coefficient (Wildman–Crippen LogP) is 6.78. The van der Waals surface area contributed by atoms with Crippen molar-refractivity contribution in [2.24, 2.45) is 7.05 Å². The fourth-order valence-electron chi connectivity index (χ4n) is 6.05. The van der Waals surface area contributed by atoms with Crippen molar-refractivity contribution in [3.63, 3.8) is 0 Å². The van der Waals surface area contributed by atoms with Gasteiger partial charge < -0.3 is 4.90 Å². The number of amides is 1. The van der Waals surface area contributed by atoms with Gasteiger partial charge in [-0.15, -0.1) is 0 Å². The Morgan fingerprint density at radius 3 is 2.00 bits per heavy atom. The highest BCUT2D eigenvalue weighted by atomic mass is 32.2. The highest BCUT2D eigenvalue weighted by Crippen LogP contribution is 2.30. The summed E-state index contributed by atoms with van der Waals surface area (Å²) in [5, 5.41) is 0.707. The Morgan fingerprint density at radius 2 is 1.44 bits per heavy atom. The second-order valence-corrected chi connectivity index (χ2v) is 14.1.